The third-order valence-corrected chi connectivity index (χ3v) is 12.2. The van der Waals surface area contributed by atoms with Crippen LogP contribution in [0.5, 0.6) is 0 Å². The molecule has 0 bridgehead atoms. The second-order valence-corrected chi connectivity index (χ2v) is 13.8. The van der Waals surface area contributed by atoms with Gasteiger partial charge in [0.15, 0.2) is 0 Å². The van der Waals surface area contributed by atoms with Crippen molar-refractivity contribution in [1.29, 1.82) is 0 Å². The van der Waals surface area contributed by atoms with Crippen molar-refractivity contribution in [1.82, 2.24) is 5.32 Å². The molecular weight excluding hydrogens is 472 g/mol. The number of esters is 1. The maximum atomic E-state index is 11.8. The van der Waals surface area contributed by atoms with Crippen molar-refractivity contribution in [2.45, 2.75) is 97.1 Å². The number of aliphatic hydroxyl groups excluding tert-OH is 1. The molecule has 5 heteroatoms. The third-order valence-electron chi connectivity index (χ3n) is 12.2. The first-order valence-corrected chi connectivity index (χ1v) is 15.5. The normalized spacial score (nSPS) is 40.9. The predicted molar refractivity (Wildman–Crippen MR) is 154 cm³/mol. The van der Waals surface area contributed by atoms with E-state index < -0.39 is 0 Å². The molecule has 3 N–H and O–H groups in total. The highest BCUT2D eigenvalue weighted by molar-refractivity contribution is 5.69. The van der Waals surface area contributed by atoms with Gasteiger partial charge in [0.1, 0.15) is 0 Å². The molecule has 0 heterocycles. The van der Waals surface area contributed by atoms with Crippen LogP contribution >= 0.6 is 0 Å². The van der Waals surface area contributed by atoms with Crippen molar-refractivity contribution in [2.24, 2.45) is 46.3 Å². The molecule has 0 saturated heterocycles. The summed E-state index contributed by atoms with van der Waals surface area (Å²) in [6.07, 6.45) is 11.1. The minimum Gasteiger partial charge on any atom is -0.469 e. The Kier molecular flexibility index (Phi) is 8.45. The molecule has 0 amide bonds. The fraction of sp³-hybridized carbons (Fsp3) is 0.788. The first-order chi connectivity index (χ1) is 18.3. The molecule has 10 atom stereocenters. The SMILES string of the molecule is COC(=O)CC[C@H](C)C1CCC2C3CC[C@@H]4C[C@@H](NCCNc5ccccc5)CC[C@]4(C)C3C[C@@H](O)[C@@]21C. The van der Waals surface area contributed by atoms with Gasteiger partial charge in [0.05, 0.1) is 13.2 Å². The van der Waals surface area contributed by atoms with Crippen LogP contribution in [-0.2, 0) is 9.53 Å². The summed E-state index contributed by atoms with van der Waals surface area (Å²) in [7, 11) is 1.48. The number of carbonyl (C=O) groups is 1. The maximum absolute atomic E-state index is 11.8. The van der Waals surface area contributed by atoms with E-state index in [0.29, 0.717) is 41.5 Å². The van der Waals surface area contributed by atoms with Crippen molar-refractivity contribution in [3.8, 4) is 0 Å². The molecule has 4 unspecified atom stereocenters. The lowest BCUT2D eigenvalue weighted by Crippen LogP contribution is -2.59. The van der Waals surface area contributed by atoms with E-state index >= 15 is 0 Å². The quantitative estimate of drug-likeness (QED) is 0.262. The predicted octanol–water partition coefficient (Wildman–Crippen LogP) is 6.28. The minimum absolute atomic E-state index is 0.00951. The van der Waals surface area contributed by atoms with Gasteiger partial charge in [-0.2, -0.15) is 0 Å². The molecular formula is C33H52N2O3. The van der Waals surface area contributed by atoms with Gasteiger partial charge in [0.2, 0.25) is 0 Å². The van der Waals surface area contributed by atoms with Crippen LogP contribution in [0.25, 0.3) is 0 Å². The lowest BCUT2D eigenvalue weighted by Gasteiger charge is -2.62. The lowest BCUT2D eigenvalue weighted by atomic mass is 9.43. The Morgan fingerprint density at radius 1 is 1.05 bits per heavy atom. The zero-order chi connectivity index (χ0) is 26.9. The van der Waals surface area contributed by atoms with Gasteiger partial charge < -0.3 is 20.5 Å². The molecule has 4 aliphatic carbocycles. The first-order valence-electron chi connectivity index (χ1n) is 15.5. The Hall–Kier alpha value is -1.59. The lowest BCUT2D eigenvalue weighted by molar-refractivity contribution is -0.170. The summed E-state index contributed by atoms with van der Waals surface area (Å²) in [6, 6.07) is 11.1. The Morgan fingerprint density at radius 3 is 2.61 bits per heavy atom. The largest absolute Gasteiger partial charge is 0.469 e. The summed E-state index contributed by atoms with van der Waals surface area (Å²) in [5, 5.41) is 19.2. The molecule has 0 aliphatic heterocycles. The van der Waals surface area contributed by atoms with Gasteiger partial charge in [-0.3, -0.25) is 4.79 Å². The van der Waals surface area contributed by atoms with Crippen LogP contribution in [0.4, 0.5) is 5.69 Å². The van der Waals surface area contributed by atoms with E-state index in [1.54, 1.807) is 0 Å². The number of benzene rings is 1. The van der Waals surface area contributed by atoms with E-state index in [1.165, 1.54) is 57.7 Å². The minimum atomic E-state index is -0.225. The number of nitrogens with one attached hydrogen (secondary N) is 2. The fourth-order valence-electron chi connectivity index (χ4n) is 10.1. The van der Waals surface area contributed by atoms with E-state index in [2.05, 4.69) is 61.7 Å². The highest BCUT2D eigenvalue weighted by Crippen LogP contribution is 2.68. The number of ether oxygens (including phenoxy) is 1. The van der Waals surface area contributed by atoms with Crippen LogP contribution in [0.2, 0.25) is 0 Å². The van der Waals surface area contributed by atoms with Gasteiger partial charge in [-0.15, -0.1) is 0 Å². The summed E-state index contributed by atoms with van der Waals surface area (Å²) >= 11 is 0. The molecule has 5 rings (SSSR count). The van der Waals surface area contributed by atoms with Gasteiger partial charge >= 0.3 is 5.97 Å². The zero-order valence-corrected chi connectivity index (χ0v) is 24.3. The van der Waals surface area contributed by atoms with Crippen molar-refractivity contribution >= 4 is 11.7 Å². The molecule has 38 heavy (non-hydrogen) atoms. The van der Waals surface area contributed by atoms with E-state index in [0.717, 1.165) is 37.8 Å². The second kappa shape index (κ2) is 11.5. The smallest absolute Gasteiger partial charge is 0.305 e. The Labute approximate surface area is 230 Å². The second-order valence-electron chi connectivity index (χ2n) is 13.8. The van der Waals surface area contributed by atoms with Gasteiger partial charge in [-0.25, -0.2) is 0 Å². The average Bonchev–Trinajstić information content (AvgIpc) is 3.29. The number of anilines is 1. The van der Waals surface area contributed by atoms with E-state index in [1.807, 2.05) is 0 Å². The number of hydrogen-bond donors (Lipinski definition) is 3. The Balaban J connectivity index is 1.19. The molecule has 1 aromatic carbocycles. The number of para-hydroxylation sites is 1. The van der Waals surface area contributed by atoms with Gasteiger partial charge in [-0.05, 0) is 116 Å². The molecule has 4 fully saturated rings. The summed E-state index contributed by atoms with van der Waals surface area (Å²) in [6.45, 7) is 9.26. The number of aliphatic hydroxyl groups is 1. The van der Waals surface area contributed by atoms with Crippen molar-refractivity contribution in [2.75, 3.05) is 25.5 Å². The van der Waals surface area contributed by atoms with E-state index in [-0.39, 0.29) is 17.5 Å². The maximum Gasteiger partial charge on any atom is 0.305 e. The number of methoxy groups -OCH3 is 1. The monoisotopic (exact) mass is 524 g/mol. The standard InChI is InChI=1S/C33H52N2O3/c1-22(10-15-31(37)38-4)27-13-14-28-26-12-11-23-20-25(35-19-18-34-24-8-6-5-7-9-24)16-17-32(23,2)29(26)21-30(36)33(27,28)3/h5-9,22-23,25-30,34-36H,10-21H2,1-4H3/t22-,23+,25-,26?,27?,28?,29?,30+,32-,33+/m0/s1. The Bertz CT molecular complexity index is 939. The van der Waals surface area contributed by atoms with Crippen LogP contribution in [-0.4, -0.2) is 43.4 Å². The number of hydrogen-bond acceptors (Lipinski definition) is 5. The molecule has 1 aromatic rings. The number of carbonyl (C=O) groups excluding carboxylic acids is 1. The van der Waals surface area contributed by atoms with Crippen LogP contribution < -0.4 is 10.6 Å². The number of fused-ring (bicyclic) bond motifs is 5. The van der Waals surface area contributed by atoms with Gasteiger partial charge in [0, 0.05) is 31.2 Å². The van der Waals surface area contributed by atoms with Crippen LogP contribution in [0.15, 0.2) is 30.3 Å². The highest BCUT2D eigenvalue weighted by Gasteiger charge is 2.63. The molecule has 0 aromatic heterocycles. The summed E-state index contributed by atoms with van der Waals surface area (Å²) in [4.78, 5) is 11.8. The summed E-state index contributed by atoms with van der Waals surface area (Å²) < 4.78 is 4.91. The van der Waals surface area contributed by atoms with Crippen molar-refractivity contribution in [3.05, 3.63) is 30.3 Å². The van der Waals surface area contributed by atoms with Crippen LogP contribution in [0.3, 0.4) is 0 Å². The topological polar surface area (TPSA) is 70.6 Å². The van der Waals surface area contributed by atoms with E-state index in [9.17, 15) is 9.90 Å². The summed E-state index contributed by atoms with van der Waals surface area (Å²) in [5.41, 5.74) is 1.55. The molecule has 0 spiro atoms. The molecule has 5 nitrogen and oxygen atoms in total. The zero-order valence-electron chi connectivity index (χ0n) is 24.3. The molecule has 4 aliphatic rings. The van der Waals surface area contributed by atoms with Crippen molar-refractivity contribution < 1.29 is 14.6 Å². The average molecular weight is 525 g/mol. The van der Waals surface area contributed by atoms with E-state index in [4.69, 9.17) is 4.74 Å². The Morgan fingerprint density at radius 2 is 1.84 bits per heavy atom. The molecule has 212 valence electrons. The van der Waals surface area contributed by atoms with Crippen LogP contribution in [0, 0.1) is 46.3 Å². The highest BCUT2D eigenvalue weighted by atomic mass is 16.5. The number of rotatable bonds is 9. The fourth-order valence-corrected chi connectivity index (χ4v) is 10.1. The van der Waals surface area contributed by atoms with Crippen molar-refractivity contribution in [3.63, 3.8) is 0 Å². The molecule has 4 saturated carbocycles. The van der Waals surface area contributed by atoms with Gasteiger partial charge in [-0.1, -0.05) is 39.0 Å². The van der Waals surface area contributed by atoms with Gasteiger partial charge in [0.25, 0.3) is 0 Å². The molecule has 0 radical (unpaired) electrons. The van der Waals surface area contributed by atoms with Crippen LogP contribution in [0.1, 0.15) is 85.0 Å². The third kappa shape index (κ3) is 5.14. The summed E-state index contributed by atoms with van der Waals surface area (Å²) in [5.74, 6) is 3.64. The first kappa shape index (κ1) is 28.0.